The molecular weight excluding hydrogens is 130 g/mol. The van der Waals surface area contributed by atoms with Crippen molar-refractivity contribution in [3.05, 3.63) is 10.1 Å². The average molecular weight is 135 g/mol. The minimum absolute atomic E-state index is 0.890. The topological polar surface area (TPSA) is 101 Å². The molecule has 0 aromatic rings. The van der Waals surface area contributed by atoms with Crippen molar-refractivity contribution < 1.29 is 19.9 Å². The van der Waals surface area contributed by atoms with E-state index < -0.39 is 23.5 Å². The average Bonchev–Trinajstić information content (AvgIpc) is 1.63. The molecule has 0 aliphatic heterocycles. The number of hydrogen-bond donors (Lipinski definition) is 2. The highest BCUT2D eigenvalue weighted by Gasteiger charge is 2.18. The van der Waals surface area contributed by atoms with Crippen LogP contribution >= 0.6 is 0 Å². The largest absolute Gasteiger partial charge is 0.479 e. The number of hydrogen-bond acceptors (Lipinski definition) is 4. The van der Waals surface area contributed by atoms with E-state index in [4.69, 9.17) is 10.2 Å². The van der Waals surface area contributed by atoms with Gasteiger partial charge in [0.2, 0.25) is 12.6 Å². The van der Waals surface area contributed by atoms with Crippen molar-refractivity contribution in [3.63, 3.8) is 0 Å². The number of aliphatic hydroxyl groups excluding tert-OH is 1. The Morgan fingerprint density at radius 3 is 2.33 bits per heavy atom. The molecule has 0 aromatic carbocycles. The van der Waals surface area contributed by atoms with Crippen LogP contribution in [0.3, 0.4) is 0 Å². The van der Waals surface area contributed by atoms with Gasteiger partial charge < -0.3 is 10.2 Å². The van der Waals surface area contributed by atoms with Gasteiger partial charge >= 0.3 is 5.97 Å². The molecule has 1 atom stereocenters. The van der Waals surface area contributed by atoms with Crippen LogP contribution < -0.4 is 0 Å². The monoisotopic (exact) mass is 135 g/mol. The SMILES string of the molecule is O=C(O)[C@H](O)C[N+](=O)[O-]. The van der Waals surface area contributed by atoms with Gasteiger partial charge in [-0.1, -0.05) is 0 Å². The van der Waals surface area contributed by atoms with E-state index >= 15 is 0 Å². The van der Waals surface area contributed by atoms with Crippen LogP contribution in [0.15, 0.2) is 0 Å². The van der Waals surface area contributed by atoms with Gasteiger partial charge in [0.05, 0.1) is 0 Å². The van der Waals surface area contributed by atoms with Gasteiger partial charge in [0.1, 0.15) is 0 Å². The predicted octanol–water partition coefficient (Wildman–Crippen LogP) is -1.29. The van der Waals surface area contributed by atoms with E-state index in [1.54, 1.807) is 0 Å². The van der Waals surface area contributed by atoms with Crippen molar-refractivity contribution >= 4 is 5.97 Å². The van der Waals surface area contributed by atoms with E-state index in [1.807, 2.05) is 0 Å². The molecule has 0 saturated carbocycles. The van der Waals surface area contributed by atoms with Crippen molar-refractivity contribution in [2.24, 2.45) is 0 Å². The van der Waals surface area contributed by atoms with Gasteiger partial charge in [0.25, 0.3) is 0 Å². The van der Waals surface area contributed by atoms with Gasteiger partial charge in [0, 0.05) is 4.92 Å². The molecule has 2 N–H and O–H groups in total. The molecule has 0 aliphatic carbocycles. The molecule has 0 unspecified atom stereocenters. The predicted molar refractivity (Wildman–Crippen MR) is 25.5 cm³/mol. The maximum atomic E-state index is 9.68. The Hall–Kier alpha value is -1.17. The van der Waals surface area contributed by atoms with Gasteiger partial charge in [-0.2, -0.15) is 0 Å². The summed E-state index contributed by atoms with van der Waals surface area (Å²) in [5, 5.41) is 25.6. The molecule has 0 amide bonds. The molecule has 0 bridgehead atoms. The van der Waals surface area contributed by atoms with Crippen LogP contribution in [0.1, 0.15) is 0 Å². The second-order valence-corrected chi connectivity index (χ2v) is 1.37. The molecular formula is C3H5NO5. The van der Waals surface area contributed by atoms with Crippen molar-refractivity contribution in [2.45, 2.75) is 6.10 Å². The highest BCUT2D eigenvalue weighted by atomic mass is 16.6. The fourth-order valence-electron chi connectivity index (χ4n) is 0.219. The fraction of sp³-hybridized carbons (Fsp3) is 0.667. The van der Waals surface area contributed by atoms with Crippen LogP contribution in [-0.4, -0.2) is 33.8 Å². The van der Waals surface area contributed by atoms with E-state index in [1.165, 1.54) is 0 Å². The Kier molecular flexibility index (Phi) is 2.59. The zero-order valence-corrected chi connectivity index (χ0v) is 4.35. The van der Waals surface area contributed by atoms with E-state index in [0.717, 1.165) is 0 Å². The van der Waals surface area contributed by atoms with Crippen LogP contribution in [0.4, 0.5) is 0 Å². The van der Waals surface area contributed by atoms with Crippen LogP contribution in [0, 0.1) is 10.1 Å². The van der Waals surface area contributed by atoms with Gasteiger partial charge in [-0.25, -0.2) is 4.79 Å². The summed E-state index contributed by atoms with van der Waals surface area (Å²) in [6.07, 6.45) is -1.89. The first kappa shape index (κ1) is 7.83. The standard InChI is InChI=1S/C3H5NO5/c5-2(3(6)7)1-4(8)9/h2,5H,1H2,(H,6,7)/t2-/m1/s1. The zero-order valence-electron chi connectivity index (χ0n) is 4.35. The summed E-state index contributed by atoms with van der Waals surface area (Å²) in [5.74, 6) is -1.58. The number of carboxylic acid groups (broad SMARTS) is 1. The normalized spacial score (nSPS) is 12.6. The zero-order chi connectivity index (χ0) is 7.44. The molecule has 0 heterocycles. The van der Waals surface area contributed by atoms with Crippen LogP contribution in [0.25, 0.3) is 0 Å². The summed E-state index contributed by atoms with van der Waals surface area (Å²) >= 11 is 0. The summed E-state index contributed by atoms with van der Waals surface area (Å²) in [6, 6.07) is 0. The number of nitrogens with zero attached hydrogens (tertiary/aromatic N) is 1. The molecule has 6 nitrogen and oxygen atoms in total. The molecule has 0 aliphatic rings. The Bertz CT molecular complexity index is 132. The van der Waals surface area contributed by atoms with Crippen molar-refractivity contribution in [1.29, 1.82) is 0 Å². The van der Waals surface area contributed by atoms with Crippen molar-refractivity contribution in [2.75, 3.05) is 6.54 Å². The molecule has 0 rings (SSSR count). The van der Waals surface area contributed by atoms with Gasteiger partial charge in [-0.3, -0.25) is 10.1 Å². The second kappa shape index (κ2) is 2.98. The smallest absolute Gasteiger partial charge is 0.339 e. The molecule has 0 fully saturated rings. The number of nitro groups is 1. The van der Waals surface area contributed by atoms with Crippen molar-refractivity contribution in [3.8, 4) is 0 Å². The van der Waals surface area contributed by atoms with Crippen LogP contribution in [0.2, 0.25) is 0 Å². The fourth-order valence-corrected chi connectivity index (χ4v) is 0.219. The molecule has 0 spiro atoms. The molecule has 6 heteroatoms. The van der Waals surface area contributed by atoms with E-state index in [-0.39, 0.29) is 0 Å². The molecule has 9 heavy (non-hydrogen) atoms. The third kappa shape index (κ3) is 3.42. The number of carboxylic acids is 1. The molecule has 0 aromatic heterocycles. The quantitative estimate of drug-likeness (QED) is 0.370. The lowest BCUT2D eigenvalue weighted by Gasteiger charge is -1.95. The minimum atomic E-state index is -1.89. The van der Waals surface area contributed by atoms with Crippen LogP contribution in [-0.2, 0) is 4.79 Å². The third-order valence-corrected chi connectivity index (χ3v) is 0.607. The summed E-state index contributed by atoms with van der Waals surface area (Å²) in [6.45, 7) is -0.949. The first-order valence-electron chi connectivity index (χ1n) is 2.06. The van der Waals surface area contributed by atoms with Gasteiger partial charge in [0.15, 0.2) is 0 Å². The minimum Gasteiger partial charge on any atom is -0.479 e. The Labute approximate surface area is 49.9 Å². The second-order valence-electron chi connectivity index (χ2n) is 1.37. The number of rotatable bonds is 3. The first-order chi connectivity index (χ1) is 4.04. The number of carbonyl (C=O) groups is 1. The van der Waals surface area contributed by atoms with E-state index in [0.29, 0.717) is 0 Å². The third-order valence-electron chi connectivity index (χ3n) is 0.607. The van der Waals surface area contributed by atoms with Crippen molar-refractivity contribution in [1.82, 2.24) is 0 Å². The van der Waals surface area contributed by atoms with Gasteiger partial charge in [-0.05, 0) is 0 Å². The number of aliphatic carboxylic acids is 1. The van der Waals surface area contributed by atoms with Crippen LogP contribution in [0.5, 0.6) is 0 Å². The Morgan fingerprint density at radius 2 is 2.22 bits per heavy atom. The maximum Gasteiger partial charge on any atom is 0.339 e. The molecule has 52 valence electrons. The van der Waals surface area contributed by atoms with E-state index in [2.05, 4.69) is 0 Å². The lowest BCUT2D eigenvalue weighted by atomic mass is 10.4. The summed E-state index contributed by atoms with van der Waals surface area (Å²) in [5.41, 5.74) is 0. The molecule has 0 radical (unpaired) electrons. The lowest BCUT2D eigenvalue weighted by molar-refractivity contribution is -0.487. The Morgan fingerprint density at radius 1 is 1.78 bits per heavy atom. The maximum absolute atomic E-state index is 9.68. The highest BCUT2D eigenvalue weighted by Crippen LogP contribution is 1.81. The summed E-state index contributed by atoms with van der Waals surface area (Å²) in [7, 11) is 0. The summed E-state index contributed by atoms with van der Waals surface area (Å²) in [4.78, 5) is 18.3. The summed E-state index contributed by atoms with van der Waals surface area (Å²) < 4.78 is 0. The van der Waals surface area contributed by atoms with E-state index in [9.17, 15) is 14.9 Å². The van der Waals surface area contributed by atoms with Gasteiger partial charge in [-0.15, -0.1) is 0 Å². The Balaban J connectivity index is 3.63. The first-order valence-corrected chi connectivity index (χ1v) is 2.06. The highest BCUT2D eigenvalue weighted by molar-refractivity contribution is 5.71. The molecule has 0 saturated heterocycles. The lowest BCUT2D eigenvalue weighted by Crippen LogP contribution is -2.27. The number of aliphatic hydroxyl groups is 1.